The van der Waals surface area contributed by atoms with Gasteiger partial charge < -0.3 is 4.74 Å². The van der Waals surface area contributed by atoms with Crippen molar-refractivity contribution in [3.05, 3.63) is 63.2 Å². The van der Waals surface area contributed by atoms with Gasteiger partial charge in [-0.25, -0.2) is 4.83 Å². The number of halogens is 1. The van der Waals surface area contributed by atoms with E-state index in [1.54, 1.807) is 24.3 Å². The molecule has 2 aromatic carbocycles. The zero-order valence-electron chi connectivity index (χ0n) is 15.3. The summed E-state index contributed by atoms with van der Waals surface area (Å²) in [6.45, 7) is 4.86. The van der Waals surface area contributed by atoms with Crippen LogP contribution in [0.5, 0.6) is 5.75 Å². The first-order chi connectivity index (χ1) is 13.2. The van der Waals surface area contributed by atoms with Crippen molar-refractivity contribution in [3.8, 4) is 5.75 Å². The van der Waals surface area contributed by atoms with Crippen molar-refractivity contribution in [2.75, 3.05) is 6.61 Å². The number of ether oxygens (including phenoxy) is 1. The SMILES string of the molecule is CC(C)CCOc1ccc(C=NNS(=O)(=O)c2ccc(Cl)c([N+](=O)[O-])c2)cc1. The maximum absolute atomic E-state index is 12.2. The summed E-state index contributed by atoms with van der Waals surface area (Å²) >= 11 is 5.69. The molecule has 2 rings (SSSR count). The number of hydrogen-bond acceptors (Lipinski definition) is 6. The van der Waals surface area contributed by atoms with Crippen molar-refractivity contribution < 1.29 is 18.1 Å². The van der Waals surface area contributed by atoms with Gasteiger partial charge in [0.05, 0.1) is 22.6 Å². The number of sulfonamides is 1. The van der Waals surface area contributed by atoms with E-state index in [-0.39, 0.29) is 9.92 Å². The molecule has 0 atom stereocenters. The first-order valence-electron chi connectivity index (χ1n) is 8.40. The molecule has 1 N–H and O–H groups in total. The Hall–Kier alpha value is -2.65. The predicted octanol–water partition coefficient (Wildman–Crippen LogP) is 3.99. The van der Waals surface area contributed by atoms with Crippen LogP contribution in [-0.2, 0) is 10.0 Å². The van der Waals surface area contributed by atoms with E-state index in [1.807, 2.05) is 4.83 Å². The van der Waals surface area contributed by atoms with Crippen LogP contribution >= 0.6 is 11.6 Å². The normalized spacial score (nSPS) is 11.7. The van der Waals surface area contributed by atoms with Crippen LogP contribution in [0.2, 0.25) is 5.02 Å². The summed E-state index contributed by atoms with van der Waals surface area (Å²) in [6.07, 6.45) is 2.27. The summed E-state index contributed by atoms with van der Waals surface area (Å²) in [5.74, 6) is 1.27. The van der Waals surface area contributed by atoms with Crippen LogP contribution < -0.4 is 9.57 Å². The lowest BCUT2D eigenvalue weighted by Gasteiger charge is -2.08. The molecule has 0 fully saturated rings. The highest BCUT2D eigenvalue weighted by atomic mass is 35.5. The van der Waals surface area contributed by atoms with E-state index in [0.717, 1.165) is 24.6 Å². The Bertz CT molecular complexity index is 960. The lowest BCUT2D eigenvalue weighted by atomic mass is 10.1. The van der Waals surface area contributed by atoms with Crippen LogP contribution in [0.1, 0.15) is 25.8 Å². The van der Waals surface area contributed by atoms with Crippen LogP contribution in [0.3, 0.4) is 0 Å². The topological polar surface area (TPSA) is 111 Å². The second kappa shape index (κ2) is 9.52. The fourth-order valence-electron chi connectivity index (χ4n) is 2.09. The summed E-state index contributed by atoms with van der Waals surface area (Å²) in [5.41, 5.74) is 0.155. The van der Waals surface area contributed by atoms with Gasteiger partial charge in [0.2, 0.25) is 0 Å². The van der Waals surface area contributed by atoms with Crippen molar-refractivity contribution in [1.82, 2.24) is 4.83 Å². The van der Waals surface area contributed by atoms with Crippen LogP contribution in [-0.4, -0.2) is 26.2 Å². The van der Waals surface area contributed by atoms with Gasteiger partial charge in [-0.1, -0.05) is 25.4 Å². The van der Waals surface area contributed by atoms with Crippen LogP contribution in [0.4, 0.5) is 5.69 Å². The molecule has 0 aliphatic rings. The molecule has 8 nitrogen and oxygen atoms in total. The molecule has 0 bridgehead atoms. The van der Waals surface area contributed by atoms with E-state index >= 15 is 0 Å². The van der Waals surface area contributed by atoms with Gasteiger partial charge in [-0.15, -0.1) is 0 Å². The van der Waals surface area contributed by atoms with Gasteiger partial charge in [-0.05, 0) is 54.3 Å². The largest absolute Gasteiger partial charge is 0.494 e. The summed E-state index contributed by atoms with van der Waals surface area (Å²) < 4.78 is 30.1. The Morgan fingerprint density at radius 3 is 2.54 bits per heavy atom. The third-order valence-electron chi connectivity index (χ3n) is 3.66. The zero-order chi connectivity index (χ0) is 20.7. The standard InChI is InChI=1S/C18H20ClN3O5S/c1-13(2)9-10-27-15-5-3-14(4-6-15)12-20-21-28(25,26)16-7-8-17(19)18(11-16)22(23)24/h3-8,11-13,21H,9-10H2,1-2H3. The quantitative estimate of drug-likeness (QED) is 0.371. The molecule has 10 heteroatoms. The fraction of sp³-hybridized carbons (Fsp3) is 0.278. The lowest BCUT2D eigenvalue weighted by molar-refractivity contribution is -0.384. The third-order valence-corrected chi connectivity index (χ3v) is 5.20. The minimum absolute atomic E-state index is 0.150. The molecule has 0 aliphatic carbocycles. The second-order valence-electron chi connectivity index (χ2n) is 6.32. The number of nitro groups is 1. The number of nitrogens with zero attached hydrogens (tertiary/aromatic N) is 2. The van der Waals surface area contributed by atoms with Crippen molar-refractivity contribution in [3.63, 3.8) is 0 Å². The molecule has 0 amide bonds. The van der Waals surface area contributed by atoms with E-state index in [9.17, 15) is 18.5 Å². The maximum Gasteiger partial charge on any atom is 0.289 e. The highest BCUT2D eigenvalue weighted by Crippen LogP contribution is 2.26. The second-order valence-corrected chi connectivity index (χ2v) is 8.39. The maximum atomic E-state index is 12.2. The summed E-state index contributed by atoms with van der Waals surface area (Å²) in [4.78, 5) is 11.8. The van der Waals surface area contributed by atoms with Crippen molar-refractivity contribution in [1.29, 1.82) is 0 Å². The molecule has 28 heavy (non-hydrogen) atoms. The number of hydrogen-bond donors (Lipinski definition) is 1. The van der Waals surface area contributed by atoms with Crippen LogP contribution in [0.25, 0.3) is 0 Å². The minimum atomic E-state index is -4.07. The molecule has 0 aliphatic heterocycles. The van der Waals surface area contributed by atoms with Gasteiger partial charge in [0.25, 0.3) is 15.7 Å². The molecule has 0 saturated heterocycles. The smallest absolute Gasteiger partial charge is 0.289 e. The number of nitro benzene ring substituents is 1. The summed E-state index contributed by atoms with van der Waals surface area (Å²) in [5, 5.41) is 14.4. The van der Waals surface area contributed by atoms with Gasteiger partial charge in [0, 0.05) is 6.07 Å². The molecule has 150 valence electrons. The number of hydrazone groups is 1. The van der Waals surface area contributed by atoms with Gasteiger partial charge in [0.15, 0.2) is 0 Å². The molecule has 0 aromatic heterocycles. The van der Waals surface area contributed by atoms with Crippen LogP contribution in [0.15, 0.2) is 52.5 Å². The molecule has 0 radical (unpaired) electrons. The van der Waals surface area contributed by atoms with Gasteiger partial charge in [-0.3, -0.25) is 10.1 Å². The molecular formula is C18H20ClN3O5S. The Morgan fingerprint density at radius 2 is 1.93 bits per heavy atom. The number of nitrogens with one attached hydrogen (secondary N) is 1. The molecule has 0 unspecified atom stereocenters. The molecule has 0 spiro atoms. The van der Waals surface area contributed by atoms with E-state index in [1.165, 1.54) is 6.21 Å². The molecule has 2 aromatic rings. The first kappa shape index (κ1) is 21.6. The lowest BCUT2D eigenvalue weighted by Crippen LogP contribution is -2.18. The van der Waals surface area contributed by atoms with E-state index in [0.29, 0.717) is 23.8 Å². The zero-order valence-corrected chi connectivity index (χ0v) is 16.9. The number of rotatable bonds is 9. The average molecular weight is 426 g/mol. The number of benzene rings is 2. The highest BCUT2D eigenvalue weighted by molar-refractivity contribution is 7.89. The molecule has 0 saturated carbocycles. The first-order valence-corrected chi connectivity index (χ1v) is 10.3. The van der Waals surface area contributed by atoms with E-state index in [2.05, 4.69) is 18.9 Å². The minimum Gasteiger partial charge on any atom is -0.494 e. The van der Waals surface area contributed by atoms with E-state index < -0.39 is 20.6 Å². The molecule has 0 heterocycles. The Balaban J connectivity index is 2.01. The molecular weight excluding hydrogens is 406 g/mol. The fourth-order valence-corrected chi connectivity index (χ4v) is 3.08. The van der Waals surface area contributed by atoms with Crippen LogP contribution in [0, 0.1) is 16.0 Å². The summed E-state index contributed by atoms with van der Waals surface area (Å²) in [7, 11) is -4.07. The average Bonchev–Trinajstić information content (AvgIpc) is 2.62. The van der Waals surface area contributed by atoms with Crippen molar-refractivity contribution >= 4 is 33.5 Å². The Morgan fingerprint density at radius 1 is 1.25 bits per heavy atom. The summed E-state index contributed by atoms with van der Waals surface area (Å²) in [6, 6.07) is 10.2. The Labute approximate surface area is 168 Å². The van der Waals surface area contributed by atoms with Gasteiger partial charge in [0.1, 0.15) is 10.8 Å². The van der Waals surface area contributed by atoms with Crippen molar-refractivity contribution in [2.45, 2.75) is 25.2 Å². The monoisotopic (exact) mass is 425 g/mol. The highest BCUT2D eigenvalue weighted by Gasteiger charge is 2.20. The van der Waals surface area contributed by atoms with Crippen molar-refractivity contribution in [2.24, 2.45) is 11.0 Å². The van der Waals surface area contributed by atoms with Gasteiger partial charge in [-0.2, -0.15) is 13.5 Å². The third kappa shape index (κ3) is 6.21. The Kier molecular flexibility index (Phi) is 7.36. The predicted molar refractivity (Wildman–Crippen MR) is 107 cm³/mol. The van der Waals surface area contributed by atoms with Gasteiger partial charge >= 0.3 is 0 Å². The van der Waals surface area contributed by atoms with E-state index in [4.69, 9.17) is 16.3 Å².